The van der Waals surface area contributed by atoms with Crippen molar-refractivity contribution in [1.29, 1.82) is 5.26 Å². The minimum Gasteiger partial charge on any atom is -0.484 e. The molecule has 1 aliphatic rings. The average molecular weight is 789 g/mol. The van der Waals surface area contributed by atoms with Crippen molar-refractivity contribution in [3.63, 3.8) is 0 Å². The van der Waals surface area contributed by atoms with Crippen molar-refractivity contribution in [3.8, 4) is 11.8 Å². The van der Waals surface area contributed by atoms with Gasteiger partial charge in [-0.05, 0) is 37.6 Å². The molecule has 1 fully saturated rings. The second-order valence-corrected chi connectivity index (χ2v) is 16.0. The van der Waals surface area contributed by atoms with Crippen LogP contribution in [0.15, 0.2) is 36.8 Å². The molecule has 1 aliphatic heterocycles. The van der Waals surface area contributed by atoms with E-state index in [0.717, 1.165) is 19.3 Å². The smallest absolute Gasteiger partial charge is 0.472 e. The first kappa shape index (κ1) is 44.5. The highest BCUT2D eigenvalue weighted by Gasteiger charge is 2.54. The monoisotopic (exact) mass is 788 g/mol. The Morgan fingerprint density at radius 1 is 0.927 bits per heavy atom. The fraction of sp³-hybridized carbons (Fsp3) is 0.692. The zero-order chi connectivity index (χ0) is 39.5. The Kier molecular flexibility index (Phi) is 18.7. The minimum atomic E-state index is -4.70. The number of fused-ring (bicyclic) bond motifs is 1. The van der Waals surface area contributed by atoms with E-state index in [9.17, 15) is 19.7 Å². The summed E-state index contributed by atoms with van der Waals surface area (Å²) in [5, 5.41) is 35.1. The summed E-state index contributed by atoms with van der Waals surface area (Å²) < 4.78 is 42.8. The molecule has 5 N–H and O–H groups in total. The molecule has 6 atom stereocenters. The number of nitrogen functional groups attached to an aromatic ring is 1. The maximum absolute atomic E-state index is 13.0. The van der Waals surface area contributed by atoms with E-state index in [-0.39, 0.29) is 24.7 Å². The van der Waals surface area contributed by atoms with Crippen molar-refractivity contribution in [3.05, 3.63) is 48.2 Å². The molecule has 1 saturated heterocycles. The molecule has 0 amide bonds. The summed E-state index contributed by atoms with van der Waals surface area (Å²) in [6, 6.07) is 8.32. The van der Waals surface area contributed by atoms with E-state index >= 15 is 0 Å². The molecule has 0 bridgehead atoms. The molecule has 3 aromatic heterocycles. The van der Waals surface area contributed by atoms with Gasteiger partial charge in [-0.2, -0.15) is 10.4 Å². The number of aliphatic hydroxyl groups is 2. The highest BCUT2D eigenvalue weighted by Crippen LogP contribution is 2.46. The Labute approximate surface area is 325 Å². The number of hydrogen-bond donors (Lipinski definition) is 4. The van der Waals surface area contributed by atoms with Gasteiger partial charge in [0.2, 0.25) is 0 Å². The SMILES string of the molecule is CCCCCCCCCCCCCCCCCCOC[C@H](COP(=O)(O)OC[C@H]1O[C@@](C)(c2ccc3c(N)ncnn23)[C@H](O)[C@@H]1O)Oc1ccc(C#N)nc1. The molecule has 3 aromatic rings. The van der Waals surface area contributed by atoms with E-state index in [0.29, 0.717) is 23.6 Å². The van der Waals surface area contributed by atoms with Crippen LogP contribution < -0.4 is 10.5 Å². The predicted octanol–water partition coefficient (Wildman–Crippen LogP) is 6.77. The third-order valence-corrected chi connectivity index (χ3v) is 11.0. The number of nitrogens with zero attached hydrogens (tertiary/aromatic N) is 5. The molecule has 4 rings (SSSR count). The second kappa shape index (κ2) is 23.1. The van der Waals surface area contributed by atoms with Crippen LogP contribution in [-0.4, -0.2) is 85.5 Å². The Morgan fingerprint density at radius 3 is 2.16 bits per heavy atom. The van der Waals surface area contributed by atoms with Crippen molar-refractivity contribution in [2.45, 2.75) is 147 Å². The number of phosphoric ester groups is 1. The lowest BCUT2D eigenvalue weighted by atomic mass is 9.93. The second-order valence-electron chi connectivity index (χ2n) is 14.5. The summed E-state index contributed by atoms with van der Waals surface area (Å²) in [5.74, 6) is 0.549. The maximum atomic E-state index is 13.0. The third-order valence-electron chi connectivity index (χ3n) is 10.1. The molecule has 0 radical (unpaired) electrons. The van der Waals surface area contributed by atoms with Crippen molar-refractivity contribution in [2.24, 2.45) is 0 Å². The first-order chi connectivity index (χ1) is 26.6. The van der Waals surface area contributed by atoms with Gasteiger partial charge >= 0.3 is 7.82 Å². The minimum absolute atomic E-state index is 0.0626. The van der Waals surface area contributed by atoms with E-state index in [1.165, 1.54) is 107 Å². The highest BCUT2D eigenvalue weighted by molar-refractivity contribution is 7.47. The Hall–Kier alpha value is -3.19. The molecular weight excluding hydrogens is 727 g/mol. The maximum Gasteiger partial charge on any atom is 0.472 e. The summed E-state index contributed by atoms with van der Waals surface area (Å²) >= 11 is 0. The summed E-state index contributed by atoms with van der Waals surface area (Å²) in [4.78, 5) is 18.5. The lowest BCUT2D eigenvalue weighted by Gasteiger charge is -2.27. The number of aliphatic hydroxyl groups excluding tert-OH is 2. The topological polar surface area (TPSA) is 217 Å². The molecule has 4 heterocycles. The molecule has 0 spiro atoms. The molecule has 1 unspecified atom stereocenters. The van der Waals surface area contributed by atoms with Crippen molar-refractivity contribution in [2.75, 3.05) is 32.2 Å². The van der Waals surface area contributed by atoms with Gasteiger partial charge in [0.15, 0.2) is 5.82 Å². The van der Waals surface area contributed by atoms with Gasteiger partial charge in [-0.15, -0.1) is 0 Å². The molecule has 0 aromatic carbocycles. The van der Waals surface area contributed by atoms with Gasteiger partial charge in [0.1, 0.15) is 59.4 Å². The summed E-state index contributed by atoms with van der Waals surface area (Å²) in [7, 11) is -4.70. The number of nitrogens with two attached hydrogens (primary N) is 1. The highest BCUT2D eigenvalue weighted by atomic mass is 31.2. The third kappa shape index (κ3) is 14.1. The van der Waals surface area contributed by atoms with Crippen LogP contribution in [0.2, 0.25) is 0 Å². The lowest BCUT2D eigenvalue weighted by molar-refractivity contribution is -0.0892. The van der Waals surface area contributed by atoms with Crippen LogP contribution in [-0.2, 0) is 28.7 Å². The number of anilines is 1. The summed E-state index contributed by atoms with van der Waals surface area (Å²) in [5.41, 5.74) is 5.58. The number of hydrogen-bond acceptors (Lipinski definition) is 13. The van der Waals surface area contributed by atoms with Gasteiger partial charge in [-0.25, -0.2) is 19.0 Å². The molecule has 0 saturated carbocycles. The van der Waals surface area contributed by atoms with Gasteiger partial charge in [0, 0.05) is 6.61 Å². The Balaban J connectivity index is 1.16. The standard InChI is InChI=1S/C39H61N6O9P/c1-3-4-5-6-7-8-9-10-11-12-13-14-15-16-17-18-23-50-26-32(53-31-20-19-30(24-40)42-25-31)27-51-55(48,49)52-28-34-36(46)37(47)39(2,54-34)35-22-21-33-38(41)43-29-44-45(33)35/h19-22,25,29,32,34,36-37,46-47H,3-18,23,26-28H2,1-2H3,(H,48,49)(H2,41,43,44)/t32-,34-,36-,37-,39+/m1/s1. The molecule has 0 aliphatic carbocycles. The van der Waals surface area contributed by atoms with E-state index in [4.69, 9.17) is 34.3 Å². The van der Waals surface area contributed by atoms with Crippen LogP contribution >= 0.6 is 7.82 Å². The van der Waals surface area contributed by atoms with Gasteiger partial charge in [-0.1, -0.05) is 103 Å². The number of pyridine rings is 1. The van der Waals surface area contributed by atoms with Crippen LogP contribution in [0.25, 0.3) is 5.52 Å². The van der Waals surface area contributed by atoms with Crippen LogP contribution in [0.4, 0.5) is 5.82 Å². The first-order valence-electron chi connectivity index (χ1n) is 19.9. The lowest BCUT2D eigenvalue weighted by Crippen LogP contribution is -2.39. The van der Waals surface area contributed by atoms with E-state index in [1.807, 2.05) is 6.07 Å². The number of rotatable bonds is 28. The number of ether oxygens (including phenoxy) is 3. The normalized spacial score (nSPS) is 21.4. The fourth-order valence-electron chi connectivity index (χ4n) is 6.83. The van der Waals surface area contributed by atoms with E-state index in [2.05, 4.69) is 22.0 Å². The summed E-state index contributed by atoms with van der Waals surface area (Å²) in [6.07, 6.45) is 18.2. The van der Waals surface area contributed by atoms with Crippen LogP contribution in [0, 0.1) is 11.3 Å². The first-order valence-corrected chi connectivity index (χ1v) is 21.4. The van der Waals surface area contributed by atoms with E-state index in [1.54, 1.807) is 25.1 Å². The molecule has 306 valence electrons. The van der Waals surface area contributed by atoms with Crippen molar-refractivity contribution >= 4 is 19.2 Å². The fourth-order valence-corrected chi connectivity index (χ4v) is 7.59. The summed E-state index contributed by atoms with van der Waals surface area (Å²) in [6.45, 7) is 3.43. The van der Waals surface area contributed by atoms with Gasteiger partial charge in [0.25, 0.3) is 0 Å². The van der Waals surface area contributed by atoms with Gasteiger partial charge in [0.05, 0.1) is 31.7 Å². The number of aromatic nitrogens is 4. The van der Waals surface area contributed by atoms with Crippen molar-refractivity contribution in [1.82, 2.24) is 19.6 Å². The number of nitriles is 1. The van der Waals surface area contributed by atoms with Gasteiger partial charge in [-0.3, -0.25) is 9.05 Å². The zero-order valence-corrected chi connectivity index (χ0v) is 33.4. The number of phosphoric acid groups is 1. The van der Waals surface area contributed by atoms with Crippen LogP contribution in [0.3, 0.4) is 0 Å². The molecule has 55 heavy (non-hydrogen) atoms. The quantitative estimate of drug-likeness (QED) is 0.0441. The zero-order valence-electron chi connectivity index (χ0n) is 32.5. The molecule has 15 nitrogen and oxygen atoms in total. The average Bonchev–Trinajstić information content (AvgIpc) is 3.72. The van der Waals surface area contributed by atoms with Gasteiger partial charge < -0.3 is 35.1 Å². The van der Waals surface area contributed by atoms with Crippen LogP contribution in [0.1, 0.15) is 128 Å². The van der Waals surface area contributed by atoms with E-state index < -0.39 is 44.4 Å². The largest absolute Gasteiger partial charge is 0.484 e. The Morgan fingerprint density at radius 2 is 1.56 bits per heavy atom. The predicted molar refractivity (Wildman–Crippen MR) is 207 cm³/mol. The van der Waals surface area contributed by atoms with Crippen molar-refractivity contribution < 1.29 is 42.9 Å². The van der Waals surface area contributed by atoms with Crippen LogP contribution in [0.5, 0.6) is 5.75 Å². The number of unbranched alkanes of at least 4 members (excludes halogenated alkanes) is 15. The molecular formula is C39H61N6O9P. The molecule has 16 heteroatoms. The Bertz CT molecular complexity index is 1640.